The summed E-state index contributed by atoms with van der Waals surface area (Å²) in [4.78, 5) is 0. The summed E-state index contributed by atoms with van der Waals surface area (Å²) in [5.41, 5.74) is 1.93. The third kappa shape index (κ3) is 2.01. The molecule has 0 aliphatic carbocycles. The number of hydrogen-bond donors (Lipinski definition) is 1. The molecule has 15 heavy (non-hydrogen) atoms. The van der Waals surface area contributed by atoms with E-state index in [1.54, 1.807) is 22.9 Å². The van der Waals surface area contributed by atoms with Gasteiger partial charge in [-0.3, -0.25) is 0 Å². The second-order valence-electron chi connectivity index (χ2n) is 3.86. The van der Waals surface area contributed by atoms with Gasteiger partial charge in [-0.15, -0.1) is 0 Å². The highest BCUT2D eigenvalue weighted by atomic mass is 16.3. The van der Waals surface area contributed by atoms with Gasteiger partial charge in [0.25, 0.3) is 0 Å². The molecule has 0 saturated carbocycles. The zero-order valence-corrected chi connectivity index (χ0v) is 8.88. The molecule has 78 valence electrons. The zero-order chi connectivity index (χ0) is 10.8. The van der Waals surface area contributed by atoms with Crippen LogP contribution in [-0.4, -0.2) is 14.9 Å². The van der Waals surface area contributed by atoms with Gasteiger partial charge in [0.2, 0.25) is 0 Å². The Morgan fingerprint density at radius 2 is 2.07 bits per heavy atom. The lowest BCUT2D eigenvalue weighted by Gasteiger charge is -2.02. The summed E-state index contributed by atoms with van der Waals surface area (Å²) in [7, 11) is 0. The molecule has 1 aromatic carbocycles. The molecule has 1 heterocycles. The van der Waals surface area contributed by atoms with Crippen LogP contribution < -0.4 is 0 Å². The van der Waals surface area contributed by atoms with Gasteiger partial charge in [-0.25, -0.2) is 4.68 Å². The molecule has 0 bridgehead atoms. The van der Waals surface area contributed by atoms with Crippen molar-refractivity contribution in [2.75, 3.05) is 0 Å². The summed E-state index contributed by atoms with van der Waals surface area (Å²) in [6.07, 6.45) is 1.91. The predicted octanol–water partition coefficient (Wildman–Crippen LogP) is 2.70. The third-order valence-electron chi connectivity index (χ3n) is 2.30. The normalized spacial score (nSPS) is 10.9. The average Bonchev–Trinajstić information content (AvgIpc) is 2.66. The lowest BCUT2D eigenvalue weighted by atomic mass is 10.1. The van der Waals surface area contributed by atoms with Crippen LogP contribution in [-0.2, 0) is 0 Å². The fourth-order valence-corrected chi connectivity index (χ4v) is 1.43. The van der Waals surface area contributed by atoms with E-state index in [2.05, 4.69) is 18.9 Å². The molecule has 0 spiro atoms. The number of phenolic OH excluding ortho intramolecular Hbond substituents is 1. The quantitative estimate of drug-likeness (QED) is 0.813. The first-order chi connectivity index (χ1) is 7.16. The van der Waals surface area contributed by atoms with Crippen molar-refractivity contribution < 1.29 is 5.11 Å². The fraction of sp³-hybridized carbons (Fsp3) is 0.250. The van der Waals surface area contributed by atoms with Crippen LogP contribution in [0.25, 0.3) is 5.69 Å². The number of rotatable bonds is 2. The zero-order valence-electron chi connectivity index (χ0n) is 8.88. The van der Waals surface area contributed by atoms with Crippen molar-refractivity contribution in [1.29, 1.82) is 0 Å². The first-order valence-corrected chi connectivity index (χ1v) is 5.02. The molecular weight excluding hydrogens is 188 g/mol. The summed E-state index contributed by atoms with van der Waals surface area (Å²) in [5, 5.41) is 13.8. The lowest BCUT2D eigenvalue weighted by molar-refractivity contribution is 0.475. The molecule has 0 atom stereocenters. The van der Waals surface area contributed by atoms with Gasteiger partial charge in [0.1, 0.15) is 5.75 Å². The van der Waals surface area contributed by atoms with Gasteiger partial charge in [-0.2, -0.15) is 5.10 Å². The molecular formula is C12H14N2O. The van der Waals surface area contributed by atoms with Gasteiger partial charge in [0.15, 0.2) is 0 Å². The molecule has 3 nitrogen and oxygen atoms in total. The van der Waals surface area contributed by atoms with E-state index in [0.29, 0.717) is 5.92 Å². The number of aromatic nitrogens is 2. The third-order valence-corrected chi connectivity index (χ3v) is 2.30. The van der Waals surface area contributed by atoms with Crippen LogP contribution >= 0.6 is 0 Å². The highest BCUT2D eigenvalue weighted by Gasteiger charge is 2.04. The van der Waals surface area contributed by atoms with E-state index in [0.717, 1.165) is 11.4 Å². The summed E-state index contributed by atoms with van der Waals surface area (Å²) < 4.78 is 1.77. The molecule has 0 aliphatic heterocycles. The van der Waals surface area contributed by atoms with E-state index in [4.69, 9.17) is 0 Å². The molecule has 0 amide bonds. The van der Waals surface area contributed by atoms with Crippen molar-refractivity contribution in [2.24, 2.45) is 0 Å². The Balaban J connectivity index is 2.37. The van der Waals surface area contributed by atoms with Crippen LogP contribution in [0.5, 0.6) is 5.75 Å². The number of phenols is 1. The van der Waals surface area contributed by atoms with Crippen molar-refractivity contribution in [1.82, 2.24) is 9.78 Å². The van der Waals surface area contributed by atoms with Crippen molar-refractivity contribution >= 4 is 0 Å². The van der Waals surface area contributed by atoms with Crippen LogP contribution in [0.4, 0.5) is 0 Å². The molecule has 1 N–H and O–H groups in total. The minimum Gasteiger partial charge on any atom is -0.508 e. The van der Waals surface area contributed by atoms with Crippen molar-refractivity contribution in [3.8, 4) is 11.4 Å². The maximum Gasteiger partial charge on any atom is 0.117 e. The van der Waals surface area contributed by atoms with E-state index >= 15 is 0 Å². The monoisotopic (exact) mass is 202 g/mol. The van der Waals surface area contributed by atoms with E-state index in [-0.39, 0.29) is 5.75 Å². The number of hydrogen-bond acceptors (Lipinski definition) is 2. The number of aromatic hydroxyl groups is 1. The Labute approximate surface area is 89.0 Å². The summed E-state index contributed by atoms with van der Waals surface area (Å²) in [5.74, 6) is 0.678. The van der Waals surface area contributed by atoms with Gasteiger partial charge in [-0.05, 0) is 24.1 Å². The molecule has 0 radical (unpaired) electrons. The molecule has 0 aliphatic rings. The Hall–Kier alpha value is -1.77. The Kier molecular flexibility index (Phi) is 2.46. The second kappa shape index (κ2) is 3.77. The topological polar surface area (TPSA) is 38.0 Å². The summed E-state index contributed by atoms with van der Waals surface area (Å²) in [6, 6.07) is 9.06. The van der Waals surface area contributed by atoms with Gasteiger partial charge in [0, 0.05) is 12.3 Å². The first kappa shape index (κ1) is 9.77. The average molecular weight is 202 g/mol. The van der Waals surface area contributed by atoms with Gasteiger partial charge in [-0.1, -0.05) is 19.9 Å². The minimum atomic E-state index is 0.258. The van der Waals surface area contributed by atoms with E-state index in [1.807, 2.05) is 18.3 Å². The van der Waals surface area contributed by atoms with Crippen LogP contribution in [0.15, 0.2) is 36.5 Å². The van der Waals surface area contributed by atoms with Gasteiger partial charge < -0.3 is 5.11 Å². The molecule has 1 aromatic heterocycles. The lowest BCUT2D eigenvalue weighted by Crippen LogP contribution is -1.96. The van der Waals surface area contributed by atoms with E-state index in [1.165, 1.54) is 0 Å². The largest absolute Gasteiger partial charge is 0.508 e. The Bertz CT molecular complexity index is 460. The van der Waals surface area contributed by atoms with Crippen LogP contribution in [0, 0.1) is 0 Å². The molecule has 2 aromatic rings. The Morgan fingerprint density at radius 1 is 1.27 bits per heavy atom. The van der Waals surface area contributed by atoms with Crippen molar-refractivity contribution in [2.45, 2.75) is 19.8 Å². The maximum absolute atomic E-state index is 9.35. The second-order valence-corrected chi connectivity index (χ2v) is 3.86. The Morgan fingerprint density at radius 3 is 2.67 bits per heavy atom. The van der Waals surface area contributed by atoms with Gasteiger partial charge >= 0.3 is 0 Å². The van der Waals surface area contributed by atoms with E-state index in [9.17, 15) is 5.11 Å². The fourth-order valence-electron chi connectivity index (χ4n) is 1.43. The molecule has 0 unspecified atom stereocenters. The molecule has 2 rings (SSSR count). The first-order valence-electron chi connectivity index (χ1n) is 5.02. The van der Waals surface area contributed by atoms with Crippen LogP contribution in [0.1, 0.15) is 25.5 Å². The van der Waals surface area contributed by atoms with Crippen molar-refractivity contribution in [3.05, 3.63) is 42.2 Å². The highest BCUT2D eigenvalue weighted by Crippen LogP contribution is 2.17. The molecule has 0 fully saturated rings. The standard InChI is InChI=1S/C12H14N2O/c1-9(2)12-6-7-14(13-12)10-4-3-5-11(15)8-10/h3-9,15H,1-2H3. The highest BCUT2D eigenvalue weighted by molar-refractivity contribution is 5.37. The molecule has 0 saturated heterocycles. The minimum absolute atomic E-state index is 0.258. The van der Waals surface area contributed by atoms with E-state index < -0.39 is 0 Å². The molecule has 3 heteroatoms. The number of benzene rings is 1. The maximum atomic E-state index is 9.35. The number of nitrogens with zero attached hydrogens (tertiary/aromatic N) is 2. The smallest absolute Gasteiger partial charge is 0.117 e. The van der Waals surface area contributed by atoms with Crippen molar-refractivity contribution in [3.63, 3.8) is 0 Å². The van der Waals surface area contributed by atoms with Gasteiger partial charge in [0.05, 0.1) is 11.4 Å². The summed E-state index contributed by atoms with van der Waals surface area (Å²) >= 11 is 0. The SMILES string of the molecule is CC(C)c1ccn(-c2cccc(O)c2)n1. The van der Waals surface area contributed by atoms with Crippen LogP contribution in [0.2, 0.25) is 0 Å². The predicted molar refractivity (Wildman–Crippen MR) is 59.3 cm³/mol. The summed E-state index contributed by atoms with van der Waals surface area (Å²) in [6.45, 7) is 4.21. The van der Waals surface area contributed by atoms with Crippen LogP contribution in [0.3, 0.4) is 0 Å².